The summed E-state index contributed by atoms with van der Waals surface area (Å²) < 4.78 is 5.98. The topological polar surface area (TPSA) is 74.4 Å². The number of H-pyrrole nitrogens is 1. The Balaban J connectivity index is 1.08. The lowest BCUT2D eigenvalue weighted by atomic mass is 9.87. The van der Waals surface area contributed by atoms with Crippen LogP contribution in [0.1, 0.15) is 37.2 Å². The number of urea groups is 1. The predicted octanol–water partition coefficient (Wildman–Crippen LogP) is 5.85. The van der Waals surface area contributed by atoms with E-state index in [2.05, 4.69) is 21.0 Å². The maximum atomic E-state index is 13.4. The van der Waals surface area contributed by atoms with E-state index in [1.165, 1.54) is 10.9 Å². The Morgan fingerprint density at radius 3 is 2.69 bits per heavy atom. The number of aromatic nitrogens is 3. The second kappa shape index (κ2) is 9.97. The Bertz CT molecular complexity index is 1360. The molecule has 2 amide bonds. The summed E-state index contributed by atoms with van der Waals surface area (Å²) in [6, 6.07) is 11.9. The molecule has 4 aromatic rings. The highest BCUT2D eigenvalue weighted by Gasteiger charge is 2.31. The standard InChI is InChI=1S/C28H30ClN5O2/c29-21-3-5-22(6-4-21)36-18-19-2-1-13-34(17-19)28(35)33-14-9-20(10-15-33)23-7-11-30-25-16-32-27-24(26(23)25)8-12-31-27/h3-8,11-12,16,19-20,30H,1-2,9-10,13-15,17-18H2. The molecular weight excluding hydrogens is 474 g/mol. The number of piperidine rings is 2. The third kappa shape index (κ3) is 4.60. The highest BCUT2D eigenvalue weighted by atomic mass is 35.5. The molecule has 0 spiro atoms. The first-order valence-corrected chi connectivity index (χ1v) is 13.2. The number of benzene rings is 1. The van der Waals surface area contributed by atoms with Crippen molar-refractivity contribution in [3.05, 3.63) is 65.6 Å². The molecular formula is C28H30ClN5O2. The summed E-state index contributed by atoms with van der Waals surface area (Å²) in [4.78, 5) is 29.6. The molecule has 5 heterocycles. The van der Waals surface area contributed by atoms with Gasteiger partial charge in [0.2, 0.25) is 0 Å². The van der Waals surface area contributed by atoms with Crippen molar-refractivity contribution in [3.63, 3.8) is 0 Å². The molecule has 8 heteroatoms. The van der Waals surface area contributed by atoms with Crippen LogP contribution in [0.3, 0.4) is 0 Å². The highest BCUT2D eigenvalue weighted by molar-refractivity contribution is 6.30. The van der Waals surface area contributed by atoms with Gasteiger partial charge in [0, 0.05) is 60.3 Å². The molecule has 186 valence electrons. The van der Waals surface area contributed by atoms with E-state index in [1.807, 2.05) is 58.7 Å². The summed E-state index contributed by atoms with van der Waals surface area (Å²) in [5, 5.41) is 3.01. The smallest absolute Gasteiger partial charge is 0.320 e. The van der Waals surface area contributed by atoms with Gasteiger partial charge in [0.25, 0.3) is 0 Å². The molecule has 2 aliphatic heterocycles. The van der Waals surface area contributed by atoms with Crippen molar-refractivity contribution in [3.8, 4) is 5.75 Å². The fourth-order valence-electron chi connectivity index (χ4n) is 5.73. The molecule has 2 aliphatic rings. The zero-order valence-corrected chi connectivity index (χ0v) is 21.0. The van der Waals surface area contributed by atoms with Gasteiger partial charge in [-0.15, -0.1) is 0 Å². The number of halogens is 1. The number of ether oxygens (including phenoxy) is 1. The Morgan fingerprint density at radius 2 is 1.86 bits per heavy atom. The van der Waals surface area contributed by atoms with Gasteiger partial charge in [-0.3, -0.25) is 0 Å². The third-order valence-electron chi connectivity index (χ3n) is 7.62. The van der Waals surface area contributed by atoms with Crippen LogP contribution in [0.25, 0.3) is 21.9 Å². The average Bonchev–Trinajstić information content (AvgIpc) is 3.42. The fraction of sp³-hybridized carbons (Fsp3) is 0.393. The lowest BCUT2D eigenvalue weighted by Gasteiger charge is -2.39. The van der Waals surface area contributed by atoms with Crippen LogP contribution >= 0.6 is 11.6 Å². The van der Waals surface area contributed by atoms with Gasteiger partial charge in [-0.05, 0) is 73.6 Å². The van der Waals surface area contributed by atoms with Crippen molar-refractivity contribution in [2.45, 2.75) is 31.6 Å². The Hall–Kier alpha value is -3.32. The van der Waals surface area contributed by atoms with E-state index in [0.717, 1.165) is 74.2 Å². The number of nitrogens with one attached hydrogen (secondary N) is 1. The summed E-state index contributed by atoms with van der Waals surface area (Å²) in [7, 11) is 0. The van der Waals surface area contributed by atoms with Crippen molar-refractivity contribution in [2.75, 3.05) is 32.8 Å². The molecule has 0 radical (unpaired) electrons. The van der Waals surface area contributed by atoms with E-state index in [1.54, 1.807) is 0 Å². The number of fused-ring (bicyclic) bond motifs is 3. The number of pyridine rings is 2. The normalized spacial score (nSPS) is 19.2. The third-order valence-corrected chi connectivity index (χ3v) is 7.87. The van der Waals surface area contributed by atoms with E-state index < -0.39 is 0 Å². The van der Waals surface area contributed by atoms with E-state index in [0.29, 0.717) is 23.5 Å². The summed E-state index contributed by atoms with van der Waals surface area (Å²) in [5.41, 5.74) is 3.15. The molecule has 7 nitrogen and oxygen atoms in total. The van der Waals surface area contributed by atoms with Crippen LogP contribution in [0.15, 0.2) is 55.0 Å². The first-order valence-electron chi connectivity index (χ1n) is 12.8. The predicted molar refractivity (Wildman–Crippen MR) is 142 cm³/mol. The van der Waals surface area contributed by atoms with Crippen LogP contribution in [0.2, 0.25) is 5.02 Å². The van der Waals surface area contributed by atoms with Gasteiger partial charge in [0.1, 0.15) is 5.75 Å². The van der Waals surface area contributed by atoms with Crippen LogP contribution < -0.4 is 4.74 Å². The number of carbonyl (C=O) groups excluding carboxylic acids is 1. The van der Waals surface area contributed by atoms with E-state index in [9.17, 15) is 4.79 Å². The van der Waals surface area contributed by atoms with Crippen molar-refractivity contribution in [2.24, 2.45) is 5.92 Å². The van der Waals surface area contributed by atoms with Gasteiger partial charge >= 0.3 is 6.03 Å². The summed E-state index contributed by atoms with van der Waals surface area (Å²) in [6.07, 6.45) is 9.70. The molecule has 3 aromatic heterocycles. The molecule has 2 fully saturated rings. The maximum Gasteiger partial charge on any atom is 0.320 e. The quantitative estimate of drug-likeness (QED) is 0.379. The molecule has 0 aliphatic carbocycles. The first-order chi connectivity index (χ1) is 17.7. The molecule has 1 unspecified atom stereocenters. The van der Waals surface area contributed by atoms with Crippen LogP contribution in [0.4, 0.5) is 4.79 Å². The van der Waals surface area contributed by atoms with Gasteiger partial charge in [0.15, 0.2) is 5.65 Å². The van der Waals surface area contributed by atoms with Gasteiger partial charge in [0.05, 0.1) is 18.3 Å². The van der Waals surface area contributed by atoms with Crippen LogP contribution in [0, 0.1) is 5.92 Å². The summed E-state index contributed by atoms with van der Waals surface area (Å²) in [5.74, 6) is 1.58. The molecule has 6 rings (SSSR count). The van der Waals surface area contributed by atoms with E-state index in [-0.39, 0.29) is 6.03 Å². The number of hydrogen-bond acceptors (Lipinski definition) is 4. The maximum absolute atomic E-state index is 13.4. The lowest BCUT2D eigenvalue weighted by molar-refractivity contribution is 0.104. The molecule has 2 saturated heterocycles. The minimum absolute atomic E-state index is 0.169. The largest absolute Gasteiger partial charge is 0.493 e. The summed E-state index contributed by atoms with van der Waals surface area (Å²) >= 11 is 5.97. The van der Waals surface area contributed by atoms with Crippen molar-refractivity contribution in [1.82, 2.24) is 24.8 Å². The average molecular weight is 504 g/mol. The minimum Gasteiger partial charge on any atom is -0.493 e. The number of amides is 2. The highest BCUT2D eigenvalue weighted by Crippen LogP contribution is 2.35. The van der Waals surface area contributed by atoms with Crippen molar-refractivity contribution >= 4 is 39.6 Å². The van der Waals surface area contributed by atoms with Crippen LogP contribution in [-0.4, -0.2) is 63.6 Å². The van der Waals surface area contributed by atoms with Crippen LogP contribution in [0.5, 0.6) is 5.75 Å². The number of carbonyl (C=O) groups is 1. The molecule has 36 heavy (non-hydrogen) atoms. The molecule has 1 atom stereocenters. The van der Waals surface area contributed by atoms with Gasteiger partial charge < -0.3 is 19.5 Å². The Morgan fingerprint density at radius 1 is 1.03 bits per heavy atom. The zero-order chi connectivity index (χ0) is 24.5. The number of nitrogens with zero attached hydrogens (tertiary/aromatic N) is 4. The van der Waals surface area contributed by atoms with Crippen molar-refractivity contribution < 1.29 is 9.53 Å². The number of hydrogen-bond donors (Lipinski definition) is 1. The number of likely N-dealkylation sites (tertiary alicyclic amines) is 2. The monoisotopic (exact) mass is 503 g/mol. The van der Waals surface area contributed by atoms with Gasteiger partial charge in [-0.25, -0.2) is 14.8 Å². The summed E-state index contributed by atoms with van der Waals surface area (Å²) in [6.45, 7) is 3.75. The molecule has 1 aromatic carbocycles. The van der Waals surface area contributed by atoms with E-state index in [4.69, 9.17) is 16.3 Å². The van der Waals surface area contributed by atoms with Gasteiger partial charge in [-0.2, -0.15) is 0 Å². The Labute approximate surface area is 215 Å². The molecule has 0 saturated carbocycles. The first kappa shape index (κ1) is 23.1. The second-order valence-corrected chi connectivity index (χ2v) is 10.4. The SMILES string of the molecule is O=C(N1CCC(c2cc[nH]c3cnc4nccc4c23)CC1)N1CCCC(COc2ccc(Cl)cc2)C1. The van der Waals surface area contributed by atoms with Crippen molar-refractivity contribution in [1.29, 1.82) is 0 Å². The van der Waals surface area contributed by atoms with Crippen LogP contribution in [-0.2, 0) is 0 Å². The number of aromatic amines is 1. The Kier molecular flexibility index (Phi) is 6.40. The van der Waals surface area contributed by atoms with Gasteiger partial charge in [-0.1, -0.05) is 11.6 Å². The van der Waals surface area contributed by atoms with E-state index >= 15 is 0 Å². The zero-order valence-electron chi connectivity index (χ0n) is 20.2. The second-order valence-electron chi connectivity index (χ2n) is 9.93. The number of rotatable bonds is 4. The lowest BCUT2D eigenvalue weighted by Crippen LogP contribution is -2.50. The molecule has 0 bridgehead atoms. The fourth-order valence-corrected chi connectivity index (χ4v) is 5.85. The minimum atomic E-state index is 0.169. The molecule has 1 N–H and O–H groups in total.